The zero-order valence-corrected chi connectivity index (χ0v) is 12.2. The van der Waals surface area contributed by atoms with Crippen LogP contribution in [0.3, 0.4) is 0 Å². The Kier molecular flexibility index (Phi) is 3.94. The van der Waals surface area contributed by atoms with Crippen LogP contribution >= 0.6 is 0 Å². The number of ether oxygens (including phenoxy) is 1. The van der Waals surface area contributed by atoms with E-state index in [4.69, 9.17) is 4.74 Å². The molecule has 0 amide bonds. The van der Waals surface area contributed by atoms with E-state index in [9.17, 15) is 0 Å². The van der Waals surface area contributed by atoms with E-state index in [1.807, 2.05) is 18.2 Å². The van der Waals surface area contributed by atoms with Gasteiger partial charge in [-0.25, -0.2) is 0 Å². The quantitative estimate of drug-likeness (QED) is 0.742. The summed E-state index contributed by atoms with van der Waals surface area (Å²) >= 11 is 0. The first-order chi connectivity index (χ1) is 9.08. The molecule has 19 heavy (non-hydrogen) atoms. The molecule has 1 heteroatoms. The van der Waals surface area contributed by atoms with Gasteiger partial charge < -0.3 is 4.74 Å². The van der Waals surface area contributed by atoms with Crippen molar-refractivity contribution >= 4 is 0 Å². The van der Waals surface area contributed by atoms with Crippen LogP contribution in [-0.4, -0.2) is 7.11 Å². The Morgan fingerprint density at radius 2 is 1.58 bits per heavy atom. The Balaban J connectivity index is 2.38. The van der Waals surface area contributed by atoms with Crippen molar-refractivity contribution in [2.45, 2.75) is 32.6 Å². The zero-order valence-electron chi connectivity index (χ0n) is 12.2. The Morgan fingerprint density at radius 3 is 2.16 bits per heavy atom. The average Bonchev–Trinajstić information content (AvgIpc) is 2.47. The predicted molar refractivity (Wildman–Crippen MR) is 81.7 cm³/mol. The van der Waals surface area contributed by atoms with Gasteiger partial charge in [0.2, 0.25) is 0 Å². The van der Waals surface area contributed by atoms with Gasteiger partial charge in [0.15, 0.2) is 0 Å². The molecule has 0 aliphatic heterocycles. The largest absolute Gasteiger partial charge is 0.496 e. The third kappa shape index (κ3) is 2.81. The second kappa shape index (κ2) is 5.48. The number of benzene rings is 2. The zero-order chi connectivity index (χ0) is 13.9. The molecule has 0 fully saturated rings. The number of methoxy groups -OCH3 is 1. The van der Waals surface area contributed by atoms with Gasteiger partial charge in [-0.1, -0.05) is 63.2 Å². The summed E-state index contributed by atoms with van der Waals surface area (Å²) in [6, 6.07) is 17.0. The monoisotopic (exact) mass is 254 g/mol. The molecule has 0 aliphatic carbocycles. The standard InChI is InChI=1S/C18H22O/c1-5-18(2,3)15-12-10-14(11-13-15)16-8-6-7-9-17(16)19-4/h6-13H,5H2,1-4H3. The van der Waals surface area contributed by atoms with E-state index < -0.39 is 0 Å². The first kappa shape index (κ1) is 13.7. The van der Waals surface area contributed by atoms with E-state index in [2.05, 4.69) is 51.1 Å². The van der Waals surface area contributed by atoms with Crippen LogP contribution in [0.25, 0.3) is 11.1 Å². The van der Waals surface area contributed by atoms with Gasteiger partial charge >= 0.3 is 0 Å². The molecule has 0 saturated heterocycles. The Hall–Kier alpha value is -1.76. The minimum Gasteiger partial charge on any atom is -0.496 e. The highest BCUT2D eigenvalue weighted by atomic mass is 16.5. The van der Waals surface area contributed by atoms with Crippen molar-refractivity contribution in [3.8, 4) is 16.9 Å². The summed E-state index contributed by atoms with van der Waals surface area (Å²) in [4.78, 5) is 0. The van der Waals surface area contributed by atoms with Crippen LogP contribution in [0.5, 0.6) is 5.75 Å². The number of para-hydroxylation sites is 1. The summed E-state index contributed by atoms with van der Waals surface area (Å²) < 4.78 is 5.42. The minimum absolute atomic E-state index is 0.235. The van der Waals surface area contributed by atoms with E-state index in [-0.39, 0.29) is 5.41 Å². The minimum atomic E-state index is 0.235. The highest BCUT2D eigenvalue weighted by Gasteiger charge is 2.17. The fourth-order valence-corrected chi connectivity index (χ4v) is 2.19. The summed E-state index contributed by atoms with van der Waals surface area (Å²) in [5.41, 5.74) is 3.96. The molecular weight excluding hydrogens is 232 g/mol. The van der Waals surface area contributed by atoms with Gasteiger partial charge in [0.1, 0.15) is 5.75 Å². The van der Waals surface area contributed by atoms with Gasteiger partial charge in [-0.15, -0.1) is 0 Å². The second-order valence-corrected chi connectivity index (χ2v) is 5.52. The molecule has 0 spiro atoms. The molecule has 0 radical (unpaired) electrons. The lowest BCUT2D eigenvalue weighted by Gasteiger charge is -2.23. The average molecular weight is 254 g/mol. The Morgan fingerprint density at radius 1 is 0.947 bits per heavy atom. The van der Waals surface area contributed by atoms with Gasteiger partial charge in [-0.2, -0.15) is 0 Å². The van der Waals surface area contributed by atoms with Crippen LogP contribution in [-0.2, 0) is 5.41 Å². The summed E-state index contributed by atoms with van der Waals surface area (Å²) in [5.74, 6) is 0.921. The molecular formula is C18H22O. The fraction of sp³-hybridized carbons (Fsp3) is 0.333. The van der Waals surface area contributed by atoms with Gasteiger partial charge in [0, 0.05) is 5.56 Å². The summed E-state index contributed by atoms with van der Waals surface area (Å²) in [6.07, 6.45) is 1.14. The number of rotatable bonds is 4. The summed E-state index contributed by atoms with van der Waals surface area (Å²) in [7, 11) is 1.72. The molecule has 0 unspecified atom stereocenters. The first-order valence-electron chi connectivity index (χ1n) is 6.82. The van der Waals surface area contributed by atoms with E-state index in [1.165, 1.54) is 11.1 Å². The molecule has 100 valence electrons. The molecule has 0 atom stereocenters. The first-order valence-corrected chi connectivity index (χ1v) is 6.82. The second-order valence-electron chi connectivity index (χ2n) is 5.52. The normalized spacial score (nSPS) is 11.4. The van der Waals surface area contributed by atoms with E-state index in [0.29, 0.717) is 0 Å². The van der Waals surface area contributed by atoms with Gasteiger partial charge in [0.25, 0.3) is 0 Å². The van der Waals surface area contributed by atoms with Crippen molar-refractivity contribution in [2.24, 2.45) is 0 Å². The van der Waals surface area contributed by atoms with Crippen LogP contribution in [0.2, 0.25) is 0 Å². The van der Waals surface area contributed by atoms with Crippen LogP contribution in [0.4, 0.5) is 0 Å². The van der Waals surface area contributed by atoms with Crippen molar-refractivity contribution in [2.75, 3.05) is 7.11 Å². The van der Waals surface area contributed by atoms with E-state index in [1.54, 1.807) is 7.11 Å². The Bertz CT molecular complexity index is 538. The van der Waals surface area contributed by atoms with Crippen molar-refractivity contribution in [3.05, 3.63) is 54.1 Å². The van der Waals surface area contributed by atoms with Gasteiger partial charge in [0.05, 0.1) is 7.11 Å². The molecule has 0 N–H and O–H groups in total. The highest BCUT2D eigenvalue weighted by Crippen LogP contribution is 2.32. The van der Waals surface area contributed by atoms with E-state index >= 15 is 0 Å². The van der Waals surface area contributed by atoms with Gasteiger partial charge in [-0.3, -0.25) is 0 Å². The molecule has 0 aromatic heterocycles. The topological polar surface area (TPSA) is 9.23 Å². The molecule has 2 aromatic rings. The van der Waals surface area contributed by atoms with Crippen molar-refractivity contribution in [3.63, 3.8) is 0 Å². The van der Waals surface area contributed by atoms with Crippen LogP contribution in [0.15, 0.2) is 48.5 Å². The van der Waals surface area contributed by atoms with Crippen molar-refractivity contribution in [1.29, 1.82) is 0 Å². The number of hydrogen-bond donors (Lipinski definition) is 0. The van der Waals surface area contributed by atoms with Crippen LogP contribution in [0, 0.1) is 0 Å². The lowest BCUT2D eigenvalue weighted by atomic mass is 9.82. The molecule has 2 rings (SSSR count). The van der Waals surface area contributed by atoms with E-state index in [0.717, 1.165) is 17.7 Å². The SMILES string of the molecule is CCC(C)(C)c1ccc(-c2ccccc2OC)cc1. The summed E-state index contributed by atoms with van der Waals surface area (Å²) in [5, 5.41) is 0. The smallest absolute Gasteiger partial charge is 0.126 e. The molecule has 0 bridgehead atoms. The lowest BCUT2D eigenvalue weighted by Crippen LogP contribution is -2.14. The van der Waals surface area contributed by atoms with Crippen LogP contribution in [0.1, 0.15) is 32.8 Å². The third-order valence-electron chi connectivity index (χ3n) is 3.97. The highest BCUT2D eigenvalue weighted by molar-refractivity contribution is 5.70. The maximum Gasteiger partial charge on any atom is 0.126 e. The van der Waals surface area contributed by atoms with Crippen LogP contribution < -0.4 is 4.74 Å². The molecule has 2 aromatic carbocycles. The van der Waals surface area contributed by atoms with Crippen molar-refractivity contribution in [1.82, 2.24) is 0 Å². The van der Waals surface area contributed by atoms with Crippen molar-refractivity contribution < 1.29 is 4.74 Å². The maximum absolute atomic E-state index is 5.42. The molecule has 0 heterocycles. The predicted octanol–water partition coefficient (Wildman–Crippen LogP) is 5.05. The molecule has 0 aliphatic rings. The molecule has 1 nitrogen and oxygen atoms in total. The summed E-state index contributed by atoms with van der Waals surface area (Å²) in [6.45, 7) is 6.80. The Labute approximate surface area is 116 Å². The lowest BCUT2D eigenvalue weighted by molar-refractivity contribution is 0.416. The maximum atomic E-state index is 5.42. The van der Waals surface area contributed by atoms with Gasteiger partial charge in [-0.05, 0) is 29.0 Å². The molecule has 0 saturated carbocycles. The third-order valence-corrected chi connectivity index (χ3v) is 3.97. The number of hydrogen-bond acceptors (Lipinski definition) is 1. The fourth-order valence-electron chi connectivity index (χ4n) is 2.19.